The first-order valence-corrected chi connectivity index (χ1v) is 9.82. The number of nitrogens with zero attached hydrogens (tertiary/aromatic N) is 2. The Morgan fingerprint density at radius 2 is 1.87 bits per heavy atom. The summed E-state index contributed by atoms with van der Waals surface area (Å²) in [5.74, 6) is -0.183. The average Bonchev–Trinajstić information content (AvgIpc) is 3.25. The third-order valence-electron chi connectivity index (χ3n) is 4.82. The Morgan fingerprint density at radius 1 is 1.17 bits per heavy atom. The van der Waals surface area contributed by atoms with Crippen molar-refractivity contribution in [3.8, 4) is 5.75 Å². The Kier molecular flexibility index (Phi) is 7.08. The van der Waals surface area contributed by atoms with Gasteiger partial charge in [0.25, 0.3) is 0 Å². The van der Waals surface area contributed by atoms with E-state index in [0.29, 0.717) is 24.6 Å². The number of anilines is 1. The number of benzene rings is 2. The molecule has 0 aliphatic carbocycles. The number of rotatable bonds is 9. The number of carbonyl (C=O) groups excluding carboxylic acids is 1. The zero-order valence-electron chi connectivity index (χ0n) is 17.1. The van der Waals surface area contributed by atoms with Crippen LogP contribution in [0.3, 0.4) is 0 Å². The fourth-order valence-corrected chi connectivity index (χ4v) is 3.19. The summed E-state index contributed by atoms with van der Waals surface area (Å²) >= 11 is 0. The zero-order valence-corrected chi connectivity index (χ0v) is 17.1. The molecular weight excluding hydrogens is 384 g/mol. The molecule has 3 aromatic rings. The summed E-state index contributed by atoms with van der Waals surface area (Å²) < 4.78 is 10.7. The minimum absolute atomic E-state index is 0.0965. The van der Waals surface area contributed by atoms with Gasteiger partial charge in [-0.3, -0.25) is 4.79 Å². The van der Waals surface area contributed by atoms with Crippen LogP contribution in [0.15, 0.2) is 65.3 Å². The number of aromatic nitrogens is 1. The standard InChI is InChI=1S/C23H26N2O5/c1-3-29-21(27)14-17(13-16-9-11-19(26)12-10-16)22-24-20(15-30-22)23(28)25(2)18-7-5-4-6-8-18/h4-12,15,17,23,26,28H,3,13-14H2,1-2H3. The lowest BCUT2D eigenvalue weighted by molar-refractivity contribution is -0.143. The maximum absolute atomic E-state index is 12.1. The van der Waals surface area contributed by atoms with Gasteiger partial charge in [0.15, 0.2) is 12.1 Å². The second kappa shape index (κ2) is 9.93. The Labute approximate surface area is 175 Å². The SMILES string of the molecule is CCOC(=O)CC(Cc1ccc(O)cc1)c1nc(C(O)N(C)c2ccccc2)co1. The molecule has 0 saturated heterocycles. The lowest BCUT2D eigenvalue weighted by Crippen LogP contribution is -2.24. The fourth-order valence-electron chi connectivity index (χ4n) is 3.19. The van der Waals surface area contributed by atoms with Crippen LogP contribution >= 0.6 is 0 Å². The normalized spacial score (nSPS) is 12.9. The van der Waals surface area contributed by atoms with Crippen LogP contribution in [0.5, 0.6) is 5.75 Å². The predicted molar refractivity (Wildman–Crippen MR) is 112 cm³/mol. The maximum Gasteiger partial charge on any atom is 0.306 e. The number of carbonyl (C=O) groups is 1. The first kappa shape index (κ1) is 21.4. The average molecular weight is 410 g/mol. The quantitative estimate of drug-likeness (QED) is 0.409. The summed E-state index contributed by atoms with van der Waals surface area (Å²) in [7, 11) is 1.76. The Bertz CT molecular complexity index is 940. The molecule has 0 bridgehead atoms. The second-order valence-corrected chi connectivity index (χ2v) is 7.01. The molecule has 0 fully saturated rings. The van der Waals surface area contributed by atoms with E-state index in [2.05, 4.69) is 4.98 Å². The molecule has 2 aromatic carbocycles. The largest absolute Gasteiger partial charge is 0.508 e. The fraction of sp³-hybridized carbons (Fsp3) is 0.304. The van der Waals surface area contributed by atoms with Crippen LogP contribution in [0.1, 0.15) is 42.6 Å². The van der Waals surface area contributed by atoms with E-state index in [9.17, 15) is 15.0 Å². The highest BCUT2D eigenvalue weighted by Crippen LogP contribution is 2.29. The molecule has 158 valence electrons. The Morgan fingerprint density at radius 3 is 2.53 bits per heavy atom. The molecule has 1 aromatic heterocycles. The molecule has 0 saturated carbocycles. The number of ether oxygens (including phenoxy) is 1. The summed E-state index contributed by atoms with van der Waals surface area (Å²) in [5.41, 5.74) is 2.11. The van der Waals surface area contributed by atoms with Gasteiger partial charge in [0, 0.05) is 12.7 Å². The van der Waals surface area contributed by atoms with Gasteiger partial charge in [-0.05, 0) is 43.2 Å². The molecule has 1 heterocycles. The summed E-state index contributed by atoms with van der Waals surface area (Å²) in [6, 6.07) is 16.2. The molecule has 7 nitrogen and oxygen atoms in total. The number of para-hydroxylation sites is 1. The van der Waals surface area contributed by atoms with E-state index in [4.69, 9.17) is 9.15 Å². The number of aliphatic hydroxyl groups is 1. The van der Waals surface area contributed by atoms with Crippen molar-refractivity contribution in [2.24, 2.45) is 0 Å². The smallest absolute Gasteiger partial charge is 0.306 e. The van der Waals surface area contributed by atoms with Crippen molar-refractivity contribution in [1.82, 2.24) is 4.98 Å². The molecule has 3 rings (SSSR count). The monoisotopic (exact) mass is 410 g/mol. The van der Waals surface area contributed by atoms with Crippen molar-refractivity contribution in [3.63, 3.8) is 0 Å². The molecule has 0 aliphatic rings. The van der Waals surface area contributed by atoms with Crippen LogP contribution < -0.4 is 4.90 Å². The molecule has 2 atom stereocenters. The minimum atomic E-state index is -0.998. The van der Waals surface area contributed by atoms with Crippen molar-refractivity contribution in [2.75, 3.05) is 18.6 Å². The molecular formula is C23H26N2O5. The molecule has 2 unspecified atom stereocenters. The van der Waals surface area contributed by atoms with Gasteiger partial charge < -0.3 is 24.3 Å². The second-order valence-electron chi connectivity index (χ2n) is 7.01. The van der Waals surface area contributed by atoms with Crippen molar-refractivity contribution >= 4 is 11.7 Å². The van der Waals surface area contributed by atoms with E-state index in [-0.39, 0.29) is 24.1 Å². The van der Waals surface area contributed by atoms with Gasteiger partial charge in [0.1, 0.15) is 17.7 Å². The van der Waals surface area contributed by atoms with Gasteiger partial charge >= 0.3 is 5.97 Å². The van der Waals surface area contributed by atoms with Gasteiger partial charge in [-0.25, -0.2) is 4.98 Å². The first-order valence-electron chi connectivity index (χ1n) is 9.82. The van der Waals surface area contributed by atoms with Crippen LogP contribution in [0.2, 0.25) is 0 Å². The topological polar surface area (TPSA) is 96.0 Å². The van der Waals surface area contributed by atoms with Crippen molar-refractivity contribution in [2.45, 2.75) is 31.9 Å². The van der Waals surface area contributed by atoms with Crippen LogP contribution in [0, 0.1) is 0 Å². The molecule has 0 amide bonds. The van der Waals surface area contributed by atoms with E-state index in [0.717, 1.165) is 11.3 Å². The van der Waals surface area contributed by atoms with E-state index >= 15 is 0 Å². The van der Waals surface area contributed by atoms with Gasteiger partial charge in [-0.2, -0.15) is 0 Å². The van der Waals surface area contributed by atoms with Gasteiger partial charge in [0.2, 0.25) is 0 Å². The maximum atomic E-state index is 12.1. The Balaban J connectivity index is 1.80. The van der Waals surface area contributed by atoms with Crippen LogP contribution in [0.25, 0.3) is 0 Å². The van der Waals surface area contributed by atoms with Crippen molar-refractivity contribution in [3.05, 3.63) is 78.0 Å². The highest BCUT2D eigenvalue weighted by atomic mass is 16.5. The van der Waals surface area contributed by atoms with Crippen LogP contribution in [-0.2, 0) is 16.0 Å². The number of aromatic hydroxyl groups is 1. The van der Waals surface area contributed by atoms with E-state index in [1.807, 2.05) is 30.3 Å². The lowest BCUT2D eigenvalue weighted by atomic mass is 9.96. The van der Waals surface area contributed by atoms with Crippen molar-refractivity contribution in [1.29, 1.82) is 0 Å². The molecule has 7 heteroatoms. The molecule has 30 heavy (non-hydrogen) atoms. The minimum Gasteiger partial charge on any atom is -0.508 e. The number of aliphatic hydroxyl groups excluding tert-OH is 1. The molecule has 2 N–H and O–H groups in total. The van der Waals surface area contributed by atoms with E-state index in [1.54, 1.807) is 43.1 Å². The molecule has 0 aliphatic heterocycles. The first-order chi connectivity index (χ1) is 14.5. The van der Waals surface area contributed by atoms with Crippen LogP contribution in [0.4, 0.5) is 5.69 Å². The number of oxazole rings is 1. The highest BCUT2D eigenvalue weighted by Gasteiger charge is 2.25. The highest BCUT2D eigenvalue weighted by molar-refractivity contribution is 5.70. The third kappa shape index (κ3) is 5.39. The number of esters is 1. The molecule has 0 spiro atoms. The lowest BCUT2D eigenvalue weighted by Gasteiger charge is -2.23. The Hall–Kier alpha value is -3.32. The number of hydrogen-bond donors (Lipinski definition) is 2. The zero-order chi connectivity index (χ0) is 21.5. The van der Waals surface area contributed by atoms with Crippen LogP contribution in [-0.4, -0.2) is 34.8 Å². The number of hydrogen-bond acceptors (Lipinski definition) is 7. The number of phenolic OH excluding ortho intramolecular Hbond substituents is 1. The van der Waals surface area contributed by atoms with Gasteiger partial charge in [-0.15, -0.1) is 0 Å². The van der Waals surface area contributed by atoms with Crippen molar-refractivity contribution < 1.29 is 24.2 Å². The van der Waals surface area contributed by atoms with E-state index in [1.165, 1.54) is 6.26 Å². The summed E-state index contributed by atoms with van der Waals surface area (Å²) in [5, 5.41) is 20.2. The number of phenols is 1. The van der Waals surface area contributed by atoms with E-state index < -0.39 is 6.23 Å². The molecule has 0 radical (unpaired) electrons. The van der Waals surface area contributed by atoms with Gasteiger partial charge in [0.05, 0.1) is 18.9 Å². The predicted octanol–water partition coefficient (Wildman–Crippen LogP) is 3.79. The summed E-state index contributed by atoms with van der Waals surface area (Å²) in [4.78, 5) is 18.3. The van der Waals surface area contributed by atoms with Gasteiger partial charge in [-0.1, -0.05) is 30.3 Å². The third-order valence-corrected chi connectivity index (χ3v) is 4.82. The summed E-state index contributed by atoms with van der Waals surface area (Å²) in [6.45, 7) is 2.05. The summed E-state index contributed by atoms with van der Waals surface area (Å²) in [6.07, 6.45) is 0.985.